The zero-order valence-corrected chi connectivity index (χ0v) is 10.6. The summed E-state index contributed by atoms with van der Waals surface area (Å²) >= 11 is 5.83. The lowest BCUT2D eigenvalue weighted by Crippen LogP contribution is -2.14. The number of benzene rings is 1. The van der Waals surface area contributed by atoms with E-state index in [1.165, 1.54) is 12.1 Å². The van der Waals surface area contributed by atoms with Gasteiger partial charge in [0.05, 0.1) is 12.1 Å². The largest absolute Gasteiger partial charge is 0.449 e. The van der Waals surface area contributed by atoms with Gasteiger partial charge in [0, 0.05) is 0 Å². The summed E-state index contributed by atoms with van der Waals surface area (Å²) in [5.41, 5.74) is 0.372. The summed E-state index contributed by atoms with van der Waals surface area (Å²) in [5.74, 6) is -0.519. The van der Waals surface area contributed by atoms with E-state index in [0.717, 1.165) is 17.4 Å². The summed E-state index contributed by atoms with van der Waals surface area (Å²) < 4.78 is 19.6. The van der Waals surface area contributed by atoms with Gasteiger partial charge in [-0.05, 0) is 30.2 Å². The van der Waals surface area contributed by atoms with Crippen molar-refractivity contribution in [2.75, 3.05) is 6.61 Å². The number of para-hydroxylation sites is 1. The van der Waals surface area contributed by atoms with Gasteiger partial charge in [-0.25, -0.2) is 18.7 Å². The molecule has 0 fully saturated rings. The van der Waals surface area contributed by atoms with E-state index in [9.17, 15) is 9.18 Å². The van der Waals surface area contributed by atoms with Gasteiger partial charge in [0.15, 0.2) is 5.82 Å². The molecule has 0 atom stereocenters. The first-order valence-corrected chi connectivity index (χ1v) is 6.02. The maximum atomic E-state index is 13.5. The first kappa shape index (κ1) is 12.8. The van der Waals surface area contributed by atoms with Crippen molar-refractivity contribution in [3.8, 4) is 0 Å². The molecule has 96 valence electrons. The van der Waals surface area contributed by atoms with E-state index in [-0.39, 0.29) is 10.8 Å². The fraction of sp³-hybridized carbons (Fsp3) is 0.333. The number of imidazole rings is 1. The van der Waals surface area contributed by atoms with Crippen LogP contribution >= 0.6 is 11.6 Å². The molecule has 0 aliphatic heterocycles. The van der Waals surface area contributed by atoms with Crippen LogP contribution in [0.3, 0.4) is 0 Å². The third-order valence-corrected chi connectivity index (χ3v) is 2.75. The fourth-order valence-corrected chi connectivity index (χ4v) is 1.82. The number of aromatic nitrogens is 2. The van der Waals surface area contributed by atoms with Crippen molar-refractivity contribution < 1.29 is 13.9 Å². The molecule has 0 unspecified atom stereocenters. The number of unbranched alkanes of at least 4 members (excludes halogenated alkanes) is 1. The highest BCUT2D eigenvalue weighted by Gasteiger charge is 2.18. The Morgan fingerprint density at radius 2 is 2.33 bits per heavy atom. The number of nitrogens with zero attached hydrogens (tertiary/aromatic N) is 2. The maximum absolute atomic E-state index is 13.5. The number of ether oxygens (including phenoxy) is 1. The van der Waals surface area contributed by atoms with E-state index < -0.39 is 11.9 Å². The first-order valence-electron chi connectivity index (χ1n) is 5.64. The molecular formula is C12H12ClFN2O2. The molecule has 0 spiro atoms. The molecule has 0 amide bonds. The Hall–Kier alpha value is -1.62. The maximum Gasteiger partial charge on any atom is 0.420 e. The van der Waals surface area contributed by atoms with E-state index in [1.807, 2.05) is 6.92 Å². The van der Waals surface area contributed by atoms with Crippen molar-refractivity contribution in [2.45, 2.75) is 19.8 Å². The summed E-state index contributed by atoms with van der Waals surface area (Å²) in [6.07, 6.45) is 1.05. The van der Waals surface area contributed by atoms with Crippen molar-refractivity contribution in [1.82, 2.24) is 9.55 Å². The number of fused-ring (bicyclic) bond motifs is 1. The zero-order valence-electron chi connectivity index (χ0n) is 9.82. The van der Waals surface area contributed by atoms with Crippen LogP contribution in [-0.2, 0) is 4.74 Å². The Morgan fingerprint density at radius 3 is 3.06 bits per heavy atom. The van der Waals surface area contributed by atoms with Crippen molar-refractivity contribution in [3.63, 3.8) is 0 Å². The molecule has 1 aromatic heterocycles. The van der Waals surface area contributed by atoms with E-state index in [2.05, 4.69) is 4.98 Å². The number of rotatable bonds is 3. The monoisotopic (exact) mass is 270 g/mol. The molecule has 0 aliphatic rings. The van der Waals surface area contributed by atoms with Crippen LogP contribution < -0.4 is 0 Å². The highest BCUT2D eigenvalue weighted by molar-refractivity contribution is 6.30. The smallest absolute Gasteiger partial charge is 0.420 e. The Kier molecular flexibility index (Phi) is 3.81. The Labute approximate surface area is 108 Å². The van der Waals surface area contributed by atoms with Crippen LogP contribution in [0.15, 0.2) is 18.2 Å². The molecular weight excluding hydrogens is 259 g/mol. The molecule has 4 nitrogen and oxygen atoms in total. The summed E-state index contributed by atoms with van der Waals surface area (Å²) in [6.45, 7) is 2.30. The van der Waals surface area contributed by atoms with Crippen molar-refractivity contribution >= 4 is 28.7 Å². The van der Waals surface area contributed by atoms with Crippen LogP contribution in [0.1, 0.15) is 19.8 Å². The second-order valence-electron chi connectivity index (χ2n) is 3.79. The van der Waals surface area contributed by atoms with Gasteiger partial charge in [-0.2, -0.15) is 0 Å². The van der Waals surface area contributed by atoms with Crippen LogP contribution in [0.4, 0.5) is 9.18 Å². The van der Waals surface area contributed by atoms with Gasteiger partial charge in [0.2, 0.25) is 5.28 Å². The molecule has 1 aromatic carbocycles. The summed E-state index contributed by atoms with van der Waals surface area (Å²) in [4.78, 5) is 15.6. The minimum absolute atomic E-state index is 0.0648. The van der Waals surface area contributed by atoms with E-state index in [1.54, 1.807) is 6.07 Å². The standard InChI is InChI=1S/C12H12ClFN2O2/c1-2-3-7-18-12(17)16-9-6-4-5-8(14)10(9)15-11(16)13/h4-6H,2-3,7H2,1H3. The molecule has 6 heteroatoms. The van der Waals surface area contributed by atoms with Crippen LogP contribution in [0.2, 0.25) is 5.28 Å². The van der Waals surface area contributed by atoms with Gasteiger partial charge in [0.1, 0.15) is 5.52 Å². The zero-order chi connectivity index (χ0) is 13.1. The predicted octanol–water partition coefficient (Wildman–Crippen LogP) is 3.61. The van der Waals surface area contributed by atoms with E-state index in [0.29, 0.717) is 12.1 Å². The average molecular weight is 271 g/mol. The molecule has 0 saturated heterocycles. The lowest BCUT2D eigenvalue weighted by atomic mass is 10.3. The van der Waals surface area contributed by atoms with Crippen LogP contribution in [0, 0.1) is 5.82 Å². The van der Waals surface area contributed by atoms with Crippen molar-refractivity contribution in [1.29, 1.82) is 0 Å². The molecule has 1 heterocycles. The van der Waals surface area contributed by atoms with Crippen LogP contribution in [-0.4, -0.2) is 22.3 Å². The quantitative estimate of drug-likeness (QED) is 0.800. The minimum atomic E-state index is -0.637. The third-order valence-electron chi connectivity index (χ3n) is 2.50. The average Bonchev–Trinajstić information content (AvgIpc) is 2.67. The van der Waals surface area contributed by atoms with Gasteiger partial charge in [-0.1, -0.05) is 19.4 Å². The van der Waals surface area contributed by atoms with Crippen LogP contribution in [0.25, 0.3) is 11.0 Å². The fourth-order valence-electron chi connectivity index (χ4n) is 1.58. The highest BCUT2D eigenvalue weighted by Crippen LogP contribution is 2.22. The number of halogens is 2. The first-order chi connectivity index (χ1) is 8.65. The number of carbonyl (C=O) groups is 1. The van der Waals surface area contributed by atoms with E-state index >= 15 is 0 Å². The van der Waals surface area contributed by atoms with Crippen molar-refractivity contribution in [2.24, 2.45) is 0 Å². The highest BCUT2D eigenvalue weighted by atomic mass is 35.5. The third kappa shape index (κ3) is 2.31. The molecule has 2 rings (SSSR count). The Morgan fingerprint density at radius 1 is 1.56 bits per heavy atom. The molecule has 0 radical (unpaired) electrons. The summed E-state index contributed by atoms with van der Waals surface area (Å²) in [5, 5.41) is -0.100. The minimum Gasteiger partial charge on any atom is -0.449 e. The Bertz CT molecular complexity index is 583. The summed E-state index contributed by atoms with van der Waals surface area (Å²) in [7, 11) is 0. The molecule has 0 N–H and O–H groups in total. The molecule has 2 aromatic rings. The second kappa shape index (κ2) is 5.35. The predicted molar refractivity (Wildman–Crippen MR) is 66.4 cm³/mol. The van der Waals surface area contributed by atoms with Gasteiger partial charge < -0.3 is 4.74 Å². The Balaban J connectivity index is 2.35. The molecule has 0 bridgehead atoms. The lowest BCUT2D eigenvalue weighted by Gasteiger charge is -2.05. The van der Waals surface area contributed by atoms with Gasteiger partial charge in [-0.15, -0.1) is 0 Å². The van der Waals surface area contributed by atoms with Gasteiger partial charge in [-0.3, -0.25) is 0 Å². The normalized spacial score (nSPS) is 10.8. The molecule has 18 heavy (non-hydrogen) atoms. The topological polar surface area (TPSA) is 44.1 Å². The SMILES string of the molecule is CCCCOC(=O)n1c(Cl)nc2c(F)cccc21. The molecule has 0 saturated carbocycles. The molecule has 0 aliphatic carbocycles. The van der Waals surface area contributed by atoms with Crippen LogP contribution in [0.5, 0.6) is 0 Å². The number of hydrogen-bond acceptors (Lipinski definition) is 3. The summed E-state index contributed by atoms with van der Waals surface area (Å²) in [6, 6.07) is 4.32. The number of carbonyl (C=O) groups excluding carboxylic acids is 1. The van der Waals surface area contributed by atoms with Gasteiger partial charge in [0.25, 0.3) is 0 Å². The number of hydrogen-bond donors (Lipinski definition) is 0. The van der Waals surface area contributed by atoms with Crippen molar-refractivity contribution in [3.05, 3.63) is 29.3 Å². The van der Waals surface area contributed by atoms with E-state index in [4.69, 9.17) is 16.3 Å². The second-order valence-corrected chi connectivity index (χ2v) is 4.13. The van der Waals surface area contributed by atoms with Gasteiger partial charge >= 0.3 is 6.09 Å². The lowest BCUT2D eigenvalue weighted by molar-refractivity contribution is 0.147.